The molecule has 1 N–H and O–H groups in total. The first-order chi connectivity index (χ1) is 16.4. The Labute approximate surface area is 199 Å². The Morgan fingerprint density at radius 1 is 1.06 bits per heavy atom. The van der Waals surface area contributed by atoms with Crippen LogP contribution in [-0.4, -0.2) is 52.7 Å². The van der Waals surface area contributed by atoms with E-state index in [1.807, 2.05) is 17.0 Å². The van der Waals surface area contributed by atoms with E-state index in [1.165, 1.54) is 12.1 Å². The normalized spacial score (nSPS) is 23.7. The van der Waals surface area contributed by atoms with Gasteiger partial charge in [0.25, 0.3) is 5.91 Å². The van der Waals surface area contributed by atoms with Gasteiger partial charge in [-0.05, 0) is 74.3 Å². The minimum atomic E-state index is -0.741. The van der Waals surface area contributed by atoms with Crippen molar-refractivity contribution in [3.8, 4) is 0 Å². The van der Waals surface area contributed by atoms with Crippen LogP contribution in [0.3, 0.4) is 0 Å². The number of rotatable bonds is 5. The highest BCUT2D eigenvalue weighted by Gasteiger charge is 2.56. The summed E-state index contributed by atoms with van der Waals surface area (Å²) >= 11 is 0. The van der Waals surface area contributed by atoms with E-state index in [9.17, 15) is 18.8 Å². The predicted octanol–water partition coefficient (Wildman–Crippen LogP) is 3.69. The molecule has 2 saturated heterocycles. The lowest BCUT2D eigenvalue weighted by atomic mass is 10.0. The molecule has 3 amide bonds. The van der Waals surface area contributed by atoms with E-state index in [0.717, 1.165) is 31.2 Å². The molecule has 1 spiro atoms. The van der Waals surface area contributed by atoms with E-state index in [4.69, 9.17) is 0 Å². The molecule has 6 nitrogen and oxygen atoms in total. The highest BCUT2D eigenvalue weighted by Crippen LogP contribution is 2.55. The van der Waals surface area contributed by atoms with Gasteiger partial charge in [0.05, 0.1) is 6.04 Å². The molecule has 3 fully saturated rings. The summed E-state index contributed by atoms with van der Waals surface area (Å²) in [5.74, 6) is -0.914. The fourth-order valence-electron chi connectivity index (χ4n) is 5.51. The third-order valence-electron chi connectivity index (χ3n) is 7.56. The number of halogens is 1. The molecule has 1 aliphatic carbocycles. The molecule has 7 heteroatoms. The van der Waals surface area contributed by atoms with Gasteiger partial charge in [-0.3, -0.25) is 14.4 Å². The Morgan fingerprint density at radius 2 is 1.82 bits per heavy atom. The second-order valence-corrected chi connectivity index (χ2v) is 9.99. The van der Waals surface area contributed by atoms with Crippen molar-refractivity contribution in [1.29, 1.82) is 0 Å². The number of benzene rings is 2. The molecule has 5 rings (SSSR count). The summed E-state index contributed by atoms with van der Waals surface area (Å²) in [5, 5.41) is 2.79. The summed E-state index contributed by atoms with van der Waals surface area (Å²) in [6, 6.07) is 13.8. The summed E-state index contributed by atoms with van der Waals surface area (Å²) in [4.78, 5) is 43.3. The quantitative estimate of drug-likeness (QED) is 0.735. The van der Waals surface area contributed by atoms with Crippen LogP contribution in [0.1, 0.15) is 61.0 Å². The van der Waals surface area contributed by atoms with E-state index in [2.05, 4.69) is 5.32 Å². The molecular formula is C27H30FN3O3. The fourth-order valence-corrected chi connectivity index (χ4v) is 5.51. The van der Waals surface area contributed by atoms with Crippen LogP contribution < -0.4 is 5.32 Å². The van der Waals surface area contributed by atoms with Crippen LogP contribution in [0.4, 0.5) is 4.39 Å². The summed E-state index contributed by atoms with van der Waals surface area (Å²) in [5.41, 5.74) is 1.31. The summed E-state index contributed by atoms with van der Waals surface area (Å²) in [7, 11) is 0. The smallest absolute Gasteiger partial charge is 0.251 e. The molecule has 34 heavy (non-hydrogen) atoms. The van der Waals surface area contributed by atoms with Gasteiger partial charge in [-0.1, -0.05) is 30.3 Å². The van der Waals surface area contributed by atoms with E-state index in [0.29, 0.717) is 25.1 Å². The molecule has 3 atom stereocenters. The molecule has 3 aliphatic rings. The maximum Gasteiger partial charge on any atom is 0.251 e. The zero-order chi connectivity index (χ0) is 23.9. The highest BCUT2D eigenvalue weighted by molar-refractivity contribution is 5.98. The number of hydrogen-bond donors (Lipinski definition) is 1. The Hall–Kier alpha value is -3.22. The van der Waals surface area contributed by atoms with Gasteiger partial charge >= 0.3 is 0 Å². The average molecular weight is 464 g/mol. The topological polar surface area (TPSA) is 69.7 Å². The molecule has 1 unspecified atom stereocenters. The van der Waals surface area contributed by atoms with Crippen molar-refractivity contribution in [3.63, 3.8) is 0 Å². The van der Waals surface area contributed by atoms with Crippen LogP contribution >= 0.6 is 0 Å². The third kappa shape index (κ3) is 4.31. The Morgan fingerprint density at radius 3 is 2.53 bits per heavy atom. The van der Waals surface area contributed by atoms with Gasteiger partial charge in [-0.15, -0.1) is 0 Å². The van der Waals surface area contributed by atoms with Crippen molar-refractivity contribution in [2.45, 2.75) is 57.2 Å². The summed E-state index contributed by atoms with van der Waals surface area (Å²) in [6.07, 6.45) is 4.31. The number of carbonyl (C=O) groups excluding carboxylic acids is 3. The molecule has 2 aromatic carbocycles. The van der Waals surface area contributed by atoms with E-state index < -0.39 is 12.1 Å². The minimum Gasteiger partial charge on any atom is -0.341 e. The maximum atomic E-state index is 13.9. The Kier molecular flexibility index (Phi) is 5.88. The van der Waals surface area contributed by atoms with Crippen LogP contribution in [0.15, 0.2) is 54.6 Å². The van der Waals surface area contributed by atoms with E-state index in [-0.39, 0.29) is 35.0 Å². The van der Waals surface area contributed by atoms with E-state index >= 15 is 0 Å². The lowest BCUT2D eigenvalue weighted by Crippen LogP contribution is -2.53. The number of likely N-dealkylation sites (tertiary alicyclic amines) is 2. The SMILES string of the molecule is CC(NC(=O)c1ccccc1)C(=O)N1CC2(CC2)C[C@@H]1C(=O)N1CCC[C@@H]1c1cccc(F)c1. The Bertz CT molecular complexity index is 1100. The Balaban J connectivity index is 1.32. The second-order valence-electron chi connectivity index (χ2n) is 9.99. The number of carbonyl (C=O) groups is 3. The van der Waals surface area contributed by atoms with E-state index in [1.54, 1.807) is 42.2 Å². The maximum absolute atomic E-state index is 13.9. The van der Waals surface area contributed by atoms with Gasteiger partial charge in [0.1, 0.15) is 17.9 Å². The third-order valence-corrected chi connectivity index (χ3v) is 7.56. The van der Waals surface area contributed by atoms with Crippen molar-refractivity contribution in [1.82, 2.24) is 15.1 Å². The van der Waals surface area contributed by atoms with Gasteiger partial charge in [0, 0.05) is 18.7 Å². The van der Waals surface area contributed by atoms with Gasteiger partial charge in [-0.2, -0.15) is 0 Å². The first-order valence-electron chi connectivity index (χ1n) is 12.1. The zero-order valence-corrected chi connectivity index (χ0v) is 19.4. The van der Waals surface area contributed by atoms with Crippen LogP contribution in [0.25, 0.3) is 0 Å². The minimum absolute atomic E-state index is 0.0211. The molecule has 1 saturated carbocycles. The molecule has 0 radical (unpaired) electrons. The highest BCUT2D eigenvalue weighted by atomic mass is 19.1. The average Bonchev–Trinajstić information content (AvgIpc) is 3.25. The zero-order valence-electron chi connectivity index (χ0n) is 19.4. The standard InChI is InChI=1S/C27H30FN3O3/c1-18(29-24(32)19-7-3-2-4-8-19)25(33)31-17-27(12-13-27)16-23(31)26(34)30-14-6-11-22(30)20-9-5-10-21(28)15-20/h2-5,7-10,15,18,22-23H,6,11-14,16-17H2,1H3,(H,29,32)/t18?,22-,23-/m1/s1. The molecule has 2 heterocycles. The van der Waals surface area contributed by atoms with Gasteiger partial charge in [0.2, 0.25) is 11.8 Å². The first kappa shape index (κ1) is 22.6. The van der Waals surface area contributed by atoms with Crippen molar-refractivity contribution in [2.24, 2.45) is 5.41 Å². The largest absolute Gasteiger partial charge is 0.341 e. The van der Waals surface area contributed by atoms with Crippen LogP contribution in [0, 0.1) is 11.2 Å². The second kappa shape index (κ2) is 8.85. The lowest BCUT2D eigenvalue weighted by molar-refractivity contribution is -0.145. The number of hydrogen-bond acceptors (Lipinski definition) is 3. The van der Waals surface area contributed by atoms with Crippen molar-refractivity contribution < 1.29 is 18.8 Å². The summed E-state index contributed by atoms with van der Waals surface area (Å²) < 4.78 is 13.9. The predicted molar refractivity (Wildman–Crippen MR) is 125 cm³/mol. The van der Waals surface area contributed by atoms with Gasteiger partial charge in [0.15, 0.2) is 0 Å². The molecular weight excluding hydrogens is 433 g/mol. The number of nitrogens with zero attached hydrogens (tertiary/aromatic N) is 2. The lowest BCUT2D eigenvalue weighted by Gasteiger charge is -2.33. The van der Waals surface area contributed by atoms with Crippen molar-refractivity contribution in [2.75, 3.05) is 13.1 Å². The monoisotopic (exact) mass is 463 g/mol. The molecule has 178 valence electrons. The molecule has 2 aromatic rings. The van der Waals surface area contributed by atoms with Crippen LogP contribution in [0.5, 0.6) is 0 Å². The summed E-state index contributed by atoms with van der Waals surface area (Å²) in [6.45, 7) is 2.83. The number of amides is 3. The fraction of sp³-hybridized carbons (Fsp3) is 0.444. The van der Waals surface area contributed by atoms with Crippen LogP contribution in [-0.2, 0) is 9.59 Å². The molecule has 0 aromatic heterocycles. The number of nitrogens with one attached hydrogen (secondary N) is 1. The van der Waals surface area contributed by atoms with Crippen molar-refractivity contribution >= 4 is 17.7 Å². The van der Waals surface area contributed by atoms with Gasteiger partial charge < -0.3 is 15.1 Å². The first-order valence-corrected chi connectivity index (χ1v) is 12.1. The van der Waals surface area contributed by atoms with Crippen LogP contribution in [0.2, 0.25) is 0 Å². The van der Waals surface area contributed by atoms with Gasteiger partial charge in [-0.25, -0.2) is 4.39 Å². The molecule has 2 aliphatic heterocycles. The van der Waals surface area contributed by atoms with Crippen molar-refractivity contribution in [3.05, 3.63) is 71.5 Å². The molecule has 0 bridgehead atoms.